The Hall–Kier alpha value is -9.56. The lowest BCUT2D eigenvalue weighted by Gasteiger charge is -2.32. The number of nitrogens with zero attached hydrogens (tertiary/aromatic N) is 3. The van der Waals surface area contributed by atoms with Gasteiger partial charge in [-0.05, 0) is 92.0 Å². The van der Waals surface area contributed by atoms with Crippen molar-refractivity contribution in [2.45, 2.75) is 166 Å². The fourth-order valence-corrected chi connectivity index (χ4v) is 10.3. The first-order chi connectivity index (χ1) is 43.2. The molecule has 14 N–H and O–H groups in total. The standard InChI is InChI=1S/C63H86N14O13/c1-5-39(4)53-59(85)73-49(33-43-34-66-37-69-43)60(86)77-31-15-22-50(77)57(83)71-47(61(87)89-35-41-16-8-6-9-17-41)27-28-51(79)67-29-13-12-20-46(74-63(88)90-36-42-18-10-7-11-19-42)54(80)70-45(21-14-30-68-62(64)65)55(81)75-52(38(2)3)58(84)72-48(56(82)76-53)32-40-23-25-44(78)26-24-40/h6-11,16-19,23-26,34,37-39,45-50,52-53,78H,5,12-15,20-22,27-33,35-36H2,1-4H3,(H,66,69)(H,67,79)(H,70,80)(H,71,83)(H,72,84)(H,73,85)(H,74,88)(H,75,81)(H,76,82)(H4,64,65,68)/t39-,45-,46-,47-,48-,49-,50-,52-,53-/m0/s1. The highest BCUT2D eigenvalue weighted by Gasteiger charge is 2.41. The molecule has 3 heterocycles. The molecule has 2 saturated heterocycles. The van der Waals surface area contributed by atoms with Crippen molar-refractivity contribution >= 4 is 65.3 Å². The smallest absolute Gasteiger partial charge is 0.408 e. The van der Waals surface area contributed by atoms with Crippen LogP contribution in [-0.4, -0.2) is 153 Å². The number of nitrogens with one attached hydrogen (secondary N) is 9. The minimum absolute atomic E-state index is 0.0164. The zero-order valence-electron chi connectivity index (χ0n) is 51.4. The first kappa shape index (κ1) is 69.5. The van der Waals surface area contributed by atoms with Crippen LogP contribution in [0.2, 0.25) is 0 Å². The number of imidazole rings is 1. The van der Waals surface area contributed by atoms with Crippen LogP contribution in [0.5, 0.6) is 5.75 Å². The van der Waals surface area contributed by atoms with E-state index in [9.17, 15) is 53.1 Å². The predicted octanol–water partition coefficient (Wildman–Crippen LogP) is 1.67. The number of aromatic amines is 1. The number of aliphatic imine (C=N–C) groups is 1. The van der Waals surface area contributed by atoms with Gasteiger partial charge in [0.05, 0.1) is 6.33 Å². The second-order valence-electron chi connectivity index (χ2n) is 22.9. The maximum Gasteiger partial charge on any atom is 0.408 e. The number of guanidine groups is 1. The molecule has 27 nitrogen and oxygen atoms in total. The van der Waals surface area contributed by atoms with E-state index in [1.54, 1.807) is 100 Å². The summed E-state index contributed by atoms with van der Waals surface area (Å²) in [5.74, 6) is -8.18. The molecule has 9 atom stereocenters. The number of phenolic OH excluding ortho intramolecular Hbond substituents is 1. The van der Waals surface area contributed by atoms with Gasteiger partial charge >= 0.3 is 12.1 Å². The topological polar surface area (TPSA) is 402 Å². The number of carbonyl (C=O) groups is 10. The number of esters is 1. The summed E-state index contributed by atoms with van der Waals surface area (Å²) in [6.45, 7) is 6.78. The van der Waals surface area contributed by atoms with Crippen molar-refractivity contribution in [2.75, 3.05) is 19.6 Å². The Morgan fingerprint density at radius 2 is 1.32 bits per heavy atom. The molecule has 0 bridgehead atoms. The molecular formula is C63H86N14O13. The number of carbonyl (C=O) groups excluding carboxylic acids is 10. The number of alkyl carbamates (subject to hydrolysis) is 1. The first-order valence-electron chi connectivity index (χ1n) is 30.6. The highest BCUT2D eigenvalue weighted by Crippen LogP contribution is 2.22. The van der Waals surface area contributed by atoms with Crippen molar-refractivity contribution in [2.24, 2.45) is 28.3 Å². The van der Waals surface area contributed by atoms with E-state index in [0.717, 1.165) is 0 Å². The SMILES string of the molecule is CC[C@H](C)[C@@H]1NC(=O)[C@H](Cc2ccc(O)cc2)NC(=O)[C@H](C(C)C)NC(=O)[C@H](CCCN=C(N)N)NC(=O)[C@@H](NC(=O)OCc2ccccc2)CCCCNC(=O)CC[C@@H](C(=O)OCc2ccccc2)NC(=O)[C@@H]2CCCN2C(=O)[C@H](Cc2cnc[nH]2)NC1=O. The number of fused-ring (bicyclic) bond motifs is 1. The van der Waals surface area contributed by atoms with E-state index < -0.39 is 119 Å². The van der Waals surface area contributed by atoms with E-state index in [1.807, 2.05) is 0 Å². The van der Waals surface area contributed by atoms with Gasteiger partial charge < -0.3 is 78.5 Å². The highest BCUT2D eigenvalue weighted by atomic mass is 16.5. The van der Waals surface area contributed by atoms with E-state index >= 15 is 0 Å². The highest BCUT2D eigenvalue weighted by molar-refractivity contribution is 5.98. The predicted molar refractivity (Wildman–Crippen MR) is 331 cm³/mol. The van der Waals surface area contributed by atoms with Gasteiger partial charge in [0.2, 0.25) is 47.3 Å². The van der Waals surface area contributed by atoms with Gasteiger partial charge in [0.1, 0.15) is 67.3 Å². The number of nitrogens with two attached hydrogens (primary N) is 2. The summed E-state index contributed by atoms with van der Waals surface area (Å²) < 4.78 is 11.1. The zero-order valence-corrected chi connectivity index (χ0v) is 51.4. The molecule has 0 saturated carbocycles. The molecule has 90 heavy (non-hydrogen) atoms. The maximum atomic E-state index is 14.9. The van der Waals surface area contributed by atoms with Crippen LogP contribution in [-0.2, 0) is 78.7 Å². The number of aromatic nitrogens is 2. The number of phenols is 1. The molecule has 0 spiro atoms. The second-order valence-corrected chi connectivity index (χ2v) is 22.9. The van der Waals surface area contributed by atoms with Crippen LogP contribution in [0.1, 0.15) is 114 Å². The average Bonchev–Trinajstić information content (AvgIpc) is 2.04. The average molecular weight is 1250 g/mol. The number of hydrogen-bond donors (Lipinski definition) is 12. The number of rotatable bonds is 17. The van der Waals surface area contributed by atoms with Crippen molar-refractivity contribution in [3.05, 3.63) is 120 Å². The summed E-state index contributed by atoms with van der Waals surface area (Å²) in [5.41, 5.74) is 13.5. The minimum Gasteiger partial charge on any atom is -0.508 e. The Morgan fingerprint density at radius 3 is 1.97 bits per heavy atom. The molecule has 486 valence electrons. The molecule has 0 unspecified atom stereocenters. The Bertz CT molecular complexity index is 3060. The maximum absolute atomic E-state index is 14.9. The summed E-state index contributed by atoms with van der Waals surface area (Å²) in [4.78, 5) is 156. The third-order valence-corrected chi connectivity index (χ3v) is 15.6. The van der Waals surface area contributed by atoms with Gasteiger partial charge in [-0.2, -0.15) is 0 Å². The number of aromatic hydroxyl groups is 1. The lowest BCUT2D eigenvalue weighted by molar-refractivity contribution is -0.150. The second kappa shape index (κ2) is 35.4. The lowest BCUT2D eigenvalue weighted by Crippen LogP contribution is -2.62. The molecule has 1 aromatic heterocycles. The quantitative estimate of drug-likeness (QED) is 0.0310. The van der Waals surface area contributed by atoms with Crippen molar-refractivity contribution in [3.63, 3.8) is 0 Å². The van der Waals surface area contributed by atoms with E-state index in [4.69, 9.17) is 20.9 Å². The minimum atomic E-state index is -1.43. The molecule has 2 aliphatic rings. The molecule has 27 heteroatoms. The van der Waals surface area contributed by atoms with E-state index in [0.29, 0.717) is 35.2 Å². The van der Waals surface area contributed by atoms with Gasteiger partial charge in [-0.3, -0.25) is 43.3 Å². The Balaban J connectivity index is 1.35. The van der Waals surface area contributed by atoms with E-state index in [2.05, 4.69) is 57.5 Å². The number of H-pyrrole nitrogens is 1. The molecule has 2 aliphatic heterocycles. The summed E-state index contributed by atoms with van der Waals surface area (Å²) in [6.07, 6.45) is 2.67. The Kier molecular flexibility index (Phi) is 27.4. The van der Waals surface area contributed by atoms with Gasteiger partial charge in [0, 0.05) is 50.8 Å². The van der Waals surface area contributed by atoms with Crippen LogP contribution < -0.4 is 54.0 Å². The molecule has 6 rings (SSSR count). The van der Waals surface area contributed by atoms with Gasteiger partial charge in [0.25, 0.3) is 0 Å². The van der Waals surface area contributed by atoms with Crippen molar-refractivity contribution < 1.29 is 62.5 Å². The number of ether oxygens (including phenoxy) is 2. The fraction of sp³-hybridized carbons (Fsp3) is 0.492. The van der Waals surface area contributed by atoms with Gasteiger partial charge in [-0.25, -0.2) is 14.6 Å². The van der Waals surface area contributed by atoms with Gasteiger partial charge in [-0.1, -0.05) is 107 Å². The van der Waals surface area contributed by atoms with Crippen LogP contribution in [0.25, 0.3) is 0 Å². The molecule has 0 aliphatic carbocycles. The van der Waals surface area contributed by atoms with Crippen LogP contribution in [0.3, 0.4) is 0 Å². The number of amides is 9. The normalized spacial score (nSPS) is 22.8. The molecule has 4 aromatic rings. The summed E-state index contributed by atoms with van der Waals surface area (Å²) in [5, 5.41) is 32.3. The summed E-state index contributed by atoms with van der Waals surface area (Å²) in [7, 11) is 0. The summed E-state index contributed by atoms with van der Waals surface area (Å²) in [6, 6.07) is 13.0. The van der Waals surface area contributed by atoms with Crippen LogP contribution >= 0.6 is 0 Å². The number of benzene rings is 3. The van der Waals surface area contributed by atoms with Crippen molar-refractivity contribution in [1.29, 1.82) is 0 Å². The zero-order chi connectivity index (χ0) is 65.1. The van der Waals surface area contributed by atoms with Crippen molar-refractivity contribution in [3.8, 4) is 5.75 Å². The lowest BCUT2D eigenvalue weighted by atomic mass is 9.96. The Labute approximate surface area is 523 Å². The van der Waals surface area contributed by atoms with Crippen LogP contribution in [0.15, 0.2) is 102 Å². The fourth-order valence-electron chi connectivity index (χ4n) is 10.3. The van der Waals surface area contributed by atoms with Crippen LogP contribution in [0.4, 0.5) is 4.79 Å². The molecule has 9 amide bonds. The third-order valence-electron chi connectivity index (χ3n) is 15.6. The van der Waals surface area contributed by atoms with Gasteiger partial charge in [0.15, 0.2) is 5.96 Å². The van der Waals surface area contributed by atoms with E-state index in [1.165, 1.54) is 29.6 Å². The molecule has 2 fully saturated rings. The first-order valence-corrected chi connectivity index (χ1v) is 30.6. The third kappa shape index (κ3) is 22.2. The summed E-state index contributed by atoms with van der Waals surface area (Å²) >= 11 is 0. The van der Waals surface area contributed by atoms with Crippen molar-refractivity contribution in [1.82, 2.24) is 57.4 Å². The Morgan fingerprint density at radius 1 is 0.689 bits per heavy atom. The number of hydrogen-bond acceptors (Lipinski definition) is 15. The molecule has 0 radical (unpaired) electrons. The van der Waals surface area contributed by atoms with E-state index in [-0.39, 0.29) is 109 Å². The van der Waals surface area contributed by atoms with Crippen LogP contribution in [0, 0.1) is 11.8 Å². The largest absolute Gasteiger partial charge is 0.508 e. The van der Waals surface area contributed by atoms with Gasteiger partial charge in [-0.15, -0.1) is 0 Å². The molecular weight excluding hydrogens is 1160 g/mol. The molecule has 3 aromatic carbocycles. The monoisotopic (exact) mass is 1250 g/mol.